The Hall–Kier alpha value is -2.04. The smallest absolute Gasteiger partial charge is 0.328 e. The Morgan fingerprint density at radius 2 is 2.06 bits per heavy atom. The van der Waals surface area contributed by atoms with E-state index in [9.17, 15) is 9.59 Å². The summed E-state index contributed by atoms with van der Waals surface area (Å²) in [6.45, 7) is 2.18. The van der Waals surface area contributed by atoms with Crippen LogP contribution in [-0.4, -0.2) is 36.1 Å². The Balaban J connectivity index is 2.28. The van der Waals surface area contributed by atoms with E-state index in [1.165, 1.54) is 0 Å². The van der Waals surface area contributed by atoms with Gasteiger partial charge in [0.1, 0.15) is 6.04 Å². The lowest BCUT2D eigenvalue weighted by atomic mass is 10.1. The molecule has 1 unspecified atom stereocenters. The summed E-state index contributed by atoms with van der Waals surface area (Å²) in [5, 5.41) is 11.7. The van der Waals surface area contributed by atoms with Gasteiger partial charge in [0, 0.05) is 12.2 Å². The van der Waals surface area contributed by atoms with E-state index in [4.69, 9.17) is 5.11 Å². The predicted molar refractivity (Wildman–Crippen MR) is 63.0 cm³/mol. The molecule has 0 aliphatic carbocycles. The number of carbonyl (C=O) groups excluding carboxylic acids is 1. The van der Waals surface area contributed by atoms with Crippen molar-refractivity contribution in [2.75, 3.05) is 18.0 Å². The van der Waals surface area contributed by atoms with E-state index in [-0.39, 0.29) is 19.0 Å². The van der Waals surface area contributed by atoms with Gasteiger partial charge in [0.25, 0.3) is 0 Å². The van der Waals surface area contributed by atoms with Crippen LogP contribution in [-0.2, 0) is 9.59 Å². The largest absolute Gasteiger partial charge is 0.480 e. The molecule has 1 saturated heterocycles. The molecule has 1 amide bonds. The summed E-state index contributed by atoms with van der Waals surface area (Å²) >= 11 is 0. The first-order chi connectivity index (χ1) is 8.08. The van der Waals surface area contributed by atoms with Gasteiger partial charge in [0.15, 0.2) is 0 Å². The molecule has 1 aromatic rings. The minimum Gasteiger partial charge on any atom is -0.480 e. The molecular weight excluding hydrogens is 220 g/mol. The molecule has 0 spiro atoms. The molecule has 0 saturated carbocycles. The van der Waals surface area contributed by atoms with E-state index in [0.717, 1.165) is 11.3 Å². The lowest BCUT2D eigenvalue weighted by Crippen LogP contribution is -2.57. The summed E-state index contributed by atoms with van der Waals surface area (Å²) < 4.78 is 0. The van der Waals surface area contributed by atoms with Crippen molar-refractivity contribution in [1.29, 1.82) is 0 Å². The fourth-order valence-corrected chi connectivity index (χ4v) is 1.87. The molecule has 2 N–H and O–H groups in total. The van der Waals surface area contributed by atoms with E-state index in [0.29, 0.717) is 0 Å². The highest BCUT2D eigenvalue weighted by Gasteiger charge is 2.31. The van der Waals surface area contributed by atoms with E-state index in [1.54, 1.807) is 4.90 Å². The van der Waals surface area contributed by atoms with E-state index in [1.807, 2.05) is 31.2 Å². The second-order valence-electron chi connectivity index (χ2n) is 4.12. The normalized spacial score (nSPS) is 19.9. The number of hydrogen-bond donors (Lipinski definition) is 2. The molecule has 1 aliphatic rings. The average molecular weight is 234 g/mol. The van der Waals surface area contributed by atoms with Crippen LogP contribution in [0.5, 0.6) is 0 Å². The zero-order valence-corrected chi connectivity index (χ0v) is 9.51. The van der Waals surface area contributed by atoms with E-state index < -0.39 is 12.0 Å². The maximum atomic E-state index is 11.3. The van der Waals surface area contributed by atoms with Crippen LogP contribution >= 0.6 is 0 Å². The van der Waals surface area contributed by atoms with Gasteiger partial charge in [0.2, 0.25) is 5.91 Å². The molecule has 5 nitrogen and oxygen atoms in total. The molecule has 1 atom stereocenters. The highest BCUT2D eigenvalue weighted by Crippen LogP contribution is 2.19. The van der Waals surface area contributed by atoms with Crippen molar-refractivity contribution in [3.05, 3.63) is 29.8 Å². The number of nitrogens with one attached hydrogen (secondary N) is 1. The van der Waals surface area contributed by atoms with Crippen LogP contribution in [0.25, 0.3) is 0 Å². The Labute approximate surface area is 99.0 Å². The monoisotopic (exact) mass is 234 g/mol. The third-order valence-corrected chi connectivity index (χ3v) is 2.83. The summed E-state index contributed by atoms with van der Waals surface area (Å²) in [6, 6.07) is 6.78. The Morgan fingerprint density at radius 3 is 2.65 bits per heavy atom. The lowest BCUT2D eigenvalue weighted by Gasteiger charge is -2.34. The Kier molecular flexibility index (Phi) is 2.99. The van der Waals surface area contributed by atoms with Gasteiger partial charge in [-0.1, -0.05) is 17.7 Å². The first kappa shape index (κ1) is 11.4. The number of aryl methyl sites for hydroxylation is 1. The number of anilines is 1. The molecule has 1 aliphatic heterocycles. The molecular formula is C12H14N2O3. The molecule has 90 valence electrons. The van der Waals surface area contributed by atoms with Crippen LogP contribution in [0.2, 0.25) is 0 Å². The SMILES string of the molecule is Cc1ccc(N2CC(=O)NCC2C(=O)O)cc1. The number of benzene rings is 1. The Bertz CT molecular complexity index is 442. The topological polar surface area (TPSA) is 69.6 Å². The fraction of sp³-hybridized carbons (Fsp3) is 0.333. The fourth-order valence-electron chi connectivity index (χ4n) is 1.87. The molecule has 0 bridgehead atoms. The molecule has 17 heavy (non-hydrogen) atoms. The summed E-state index contributed by atoms with van der Waals surface area (Å²) in [5.74, 6) is -1.08. The third-order valence-electron chi connectivity index (χ3n) is 2.83. The van der Waals surface area contributed by atoms with Crippen molar-refractivity contribution in [2.45, 2.75) is 13.0 Å². The zero-order valence-electron chi connectivity index (χ0n) is 9.51. The first-order valence-corrected chi connectivity index (χ1v) is 5.41. The maximum absolute atomic E-state index is 11.3. The minimum absolute atomic E-state index is 0.0834. The molecule has 5 heteroatoms. The number of rotatable bonds is 2. The number of carboxylic acids is 1. The third kappa shape index (κ3) is 2.38. The molecule has 0 radical (unpaired) electrons. The van der Waals surface area contributed by atoms with Crippen molar-refractivity contribution in [3.63, 3.8) is 0 Å². The molecule has 1 heterocycles. The van der Waals surface area contributed by atoms with Crippen LogP contribution in [0, 0.1) is 6.92 Å². The van der Waals surface area contributed by atoms with Gasteiger partial charge >= 0.3 is 5.97 Å². The van der Waals surface area contributed by atoms with Crippen molar-refractivity contribution in [3.8, 4) is 0 Å². The number of hydrogen-bond acceptors (Lipinski definition) is 3. The highest BCUT2D eigenvalue weighted by atomic mass is 16.4. The van der Waals surface area contributed by atoms with Crippen LogP contribution in [0.4, 0.5) is 5.69 Å². The lowest BCUT2D eigenvalue weighted by molar-refractivity contribution is -0.139. The van der Waals surface area contributed by atoms with E-state index >= 15 is 0 Å². The average Bonchev–Trinajstić information content (AvgIpc) is 2.29. The maximum Gasteiger partial charge on any atom is 0.328 e. The zero-order chi connectivity index (χ0) is 12.4. The molecule has 0 aromatic heterocycles. The van der Waals surface area contributed by atoms with Crippen molar-refractivity contribution in [1.82, 2.24) is 5.32 Å². The van der Waals surface area contributed by atoms with Crippen LogP contribution in [0.1, 0.15) is 5.56 Å². The van der Waals surface area contributed by atoms with Gasteiger partial charge in [-0.15, -0.1) is 0 Å². The van der Waals surface area contributed by atoms with Gasteiger partial charge in [-0.05, 0) is 19.1 Å². The van der Waals surface area contributed by atoms with Crippen molar-refractivity contribution >= 4 is 17.6 Å². The molecule has 1 fully saturated rings. The first-order valence-electron chi connectivity index (χ1n) is 5.41. The van der Waals surface area contributed by atoms with Gasteiger partial charge in [0.05, 0.1) is 6.54 Å². The van der Waals surface area contributed by atoms with Crippen LogP contribution in [0.3, 0.4) is 0 Å². The van der Waals surface area contributed by atoms with Crippen LogP contribution < -0.4 is 10.2 Å². The van der Waals surface area contributed by atoms with Gasteiger partial charge in [-0.2, -0.15) is 0 Å². The number of amides is 1. The number of carbonyl (C=O) groups is 2. The van der Waals surface area contributed by atoms with Gasteiger partial charge in [-0.3, -0.25) is 4.79 Å². The number of piperazine rings is 1. The Morgan fingerprint density at radius 1 is 1.41 bits per heavy atom. The molecule has 2 rings (SSSR count). The summed E-state index contributed by atoms with van der Waals surface area (Å²) in [6.07, 6.45) is 0. The second kappa shape index (κ2) is 4.45. The van der Waals surface area contributed by atoms with E-state index in [2.05, 4.69) is 5.32 Å². The predicted octanol–water partition coefficient (Wildman–Crippen LogP) is 0.384. The van der Waals surface area contributed by atoms with Gasteiger partial charge in [-0.25, -0.2) is 4.79 Å². The quantitative estimate of drug-likeness (QED) is 0.776. The highest BCUT2D eigenvalue weighted by molar-refractivity contribution is 5.89. The summed E-state index contributed by atoms with van der Waals surface area (Å²) in [7, 11) is 0. The number of nitrogens with zero attached hydrogens (tertiary/aromatic N) is 1. The number of carboxylic acid groups (broad SMARTS) is 1. The number of aliphatic carboxylic acids is 1. The van der Waals surface area contributed by atoms with Crippen molar-refractivity contribution < 1.29 is 14.7 Å². The summed E-state index contributed by atoms with van der Waals surface area (Å²) in [5.41, 5.74) is 1.86. The standard InChI is InChI=1S/C12H14N2O3/c1-8-2-4-9(5-3-8)14-7-11(15)13-6-10(14)12(16)17/h2-5,10H,6-7H2,1H3,(H,13,15)(H,16,17). The second-order valence-corrected chi connectivity index (χ2v) is 4.12. The summed E-state index contributed by atoms with van der Waals surface area (Å²) in [4.78, 5) is 24.1. The minimum atomic E-state index is -0.925. The van der Waals surface area contributed by atoms with Crippen molar-refractivity contribution in [2.24, 2.45) is 0 Å². The molecule has 1 aromatic carbocycles. The van der Waals surface area contributed by atoms with Crippen LogP contribution in [0.15, 0.2) is 24.3 Å². The van der Waals surface area contributed by atoms with Gasteiger partial charge < -0.3 is 15.3 Å².